The molecule has 3 N–H and O–H groups in total. The highest BCUT2D eigenvalue weighted by atomic mass is 19.1. The lowest BCUT2D eigenvalue weighted by atomic mass is 9.86. The number of nitrogens with zero attached hydrogens (tertiary/aromatic N) is 6. The smallest absolute Gasteiger partial charge is 0.282 e. The minimum atomic E-state index is -0.709. The van der Waals surface area contributed by atoms with E-state index in [0.29, 0.717) is 28.0 Å². The molecule has 0 bridgehead atoms. The van der Waals surface area contributed by atoms with E-state index in [4.69, 9.17) is 11.0 Å². The fourth-order valence-corrected chi connectivity index (χ4v) is 4.61. The first-order chi connectivity index (χ1) is 19.5. The number of benzene rings is 2. The minimum Gasteiger partial charge on any atom is -0.392 e. The van der Waals surface area contributed by atoms with E-state index in [1.165, 1.54) is 29.3 Å². The Morgan fingerprint density at radius 2 is 1.90 bits per heavy atom. The first-order valence-corrected chi connectivity index (χ1v) is 12.7. The van der Waals surface area contributed by atoms with Crippen molar-refractivity contribution in [1.82, 2.24) is 24.5 Å². The van der Waals surface area contributed by atoms with Gasteiger partial charge in [0.2, 0.25) is 0 Å². The number of aromatic nitrogens is 5. The van der Waals surface area contributed by atoms with E-state index in [1.807, 2.05) is 26.8 Å². The first-order valence-electron chi connectivity index (χ1n) is 12.7. The van der Waals surface area contributed by atoms with Gasteiger partial charge in [0.25, 0.3) is 11.5 Å². The summed E-state index contributed by atoms with van der Waals surface area (Å²) in [5.41, 5.74) is 7.65. The van der Waals surface area contributed by atoms with Crippen LogP contribution in [0.4, 0.5) is 4.39 Å². The van der Waals surface area contributed by atoms with Crippen molar-refractivity contribution in [3.05, 3.63) is 111 Å². The van der Waals surface area contributed by atoms with Gasteiger partial charge in [0.05, 0.1) is 46.4 Å². The molecule has 10 nitrogen and oxygen atoms in total. The number of carbonyl (C=O) groups is 1. The van der Waals surface area contributed by atoms with E-state index in [9.17, 15) is 14.7 Å². The van der Waals surface area contributed by atoms with Crippen LogP contribution in [0.2, 0.25) is 0 Å². The average Bonchev–Trinajstić information content (AvgIpc) is 3.36. The maximum absolute atomic E-state index is 15.2. The Kier molecular flexibility index (Phi) is 6.94. The summed E-state index contributed by atoms with van der Waals surface area (Å²) in [6.07, 6.45) is 4.44. The second kappa shape index (κ2) is 10.4. The van der Waals surface area contributed by atoms with Crippen molar-refractivity contribution in [2.75, 3.05) is 0 Å². The zero-order valence-corrected chi connectivity index (χ0v) is 22.6. The number of carbonyl (C=O) groups excluding carboxylic acids is 1. The molecular formula is C30H26FN7O3. The molecule has 0 aliphatic rings. The molecule has 206 valence electrons. The SMILES string of the molecule is CC(C)(C)c1cc(F)c2c(=O)n(-c3cccc(-n4cc(C(N)=O)c(Cc5ccc(C#N)cn5)n4)c3CO)ncc2c1. The number of aliphatic hydroxyl groups excluding tert-OH is 1. The van der Waals surface area contributed by atoms with E-state index in [1.54, 1.807) is 36.4 Å². The van der Waals surface area contributed by atoms with Crippen LogP contribution < -0.4 is 11.3 Å². The lowest BCUT2D eigenvalue weighted by Gasteiger charge is -2.20. The van der Waals surface area contributed by atoms with Gasteiger partial charge in [-0.15, -0.1) is 0 Å². The molecule has 5 aromatic rings. The zero-order chi connectivity index (χ0) is 29.5. The highest BCUT2D eigenvalue weighted by Gasteiger charge is 2.22. The molecule has 3 aromatic heterocycles. The van der Waals surface area contributed by atoms with Crippen molar-refractivity contribution in [3.8, 4) is 17.4 Å². The molecule has 5 rings (SSSR count). The Labute approximate surface area is 234 Å². The van der Waals surface area contributed by atoms with Crippen LogP contribution in [0.1, 0.15) is 59.2 Å². The largest absolute Gasteiger partial charge is 0.392 e. The van der Waals surface area contributed by atoms with Crippen LogP contribution in [0.5, 0.6) is 0 Å². The van der Waals surface area contributed by atoms with E-state index >= 15 is 4.39 Å². The van der Waals surface area contributed by atoms with Crippen LogP contribution in [0.3, 0.4) is 0 Å². The maximum Gasteiger partial charge on any atom is 0.282 e. The summed E-state index contributed by atoms with van der Waals surface area (Å²) in [6, 6.07) is 13.2. The second-order valence-electron chi connectivity index (χ2n) is 10.6. The summed E-state index contributed by atoms with van der Waals surface area (Å²) >= 11 is 0. The molecule has 0 spiro atoms. The molecule has 0 unspecified atom stereocenters. The van der Waals surface area contributed by atoms with E-state index in [2.05, 4.69) is 15.2 Å². The van der Waals surface area contributed by atoms with Crippen LogP contribution >= 0.6 is 0 Å². The summed E-state index contributed by atoms with van der Waals surface area (Å²) in [4.78, 5) is 30.0. The summed E-state index contributed by atoms with van der Waals surface area (Å²) in [7, 11) is 0. The monoisotopic (exact) mass is 551 g/mol. The van der Waals surface area contributed by atoms with Gasteiger partial charge in [-0.2, -0.15) is 20.1 Å². The Hall–Kier alpha value is -5.21. The molecule has 2 aromatic carbocycles. The molecule has 41 heavy (non-hydrogen) atoms. The molecule has 0 aliphatic heterocycles. The van der Waals surface area contributed by atoms with E-state index < -0.39 is 23.9 Å². The van der Waals surface area contributed by atoms with Crippen molar-refractivity contribution in [1.29, 1.82) is 5.26 Å². The van der Waals surface area contributed by atoms with Crippen molar-refractivity contribution in [2.45, 2.75) is 39.2 Å². The van der Waals surface area contributed by atoms with Crippen LogP contribution in [0.25, 0.3) is 22.1 Å². The summed E-state index contributed by atoms with van der Waals surface area (Å²) < 4.78 is 17.7. The standard InChI is InChI=1S/C30H26FN7O3/c1-30(2,3)19-9-18-14-35-38(29(41)27(18)23(31)10-19)26-6-4-5-25(22(26)16-39)37-15-21(28(33)40)24(36-37)11-20-8-7-17(12-32)13-34-20/h4-10,13-15,39H,11,16H2,1-3H3,(H2,33,40). The molecule has 0 aliphatic carbocycles. The maximum atomic E-state index is 15.2. The van der Waals surface area contributed by atoms with Crippen molar-refractivity contribution < 1.29 is 14.3 Å². The van der Waals surface area contributed by atoms with Gasteiger partial charge in [-0.05, 0) is 47.4 Å². The molecule has 3 heterocycles. The van der Waals surface area contributed by atoms with E-state index in [0.717, 1.165) is 10.2 Å². The third-order valence-corrected chi connectivity index (χ3v) is 6.82. The Bertz CT molecular complexity index is 1910. The normalized spacial score (nSPS) is 11.5. The Morgan fingerprint density at radius 3 is 2.54 bits per heavy atom. The van der Waals surface area contributed by atoms with Gasteiger partial charge in [-0.3, -0.25) is 14.6 Å². The zero-order valence-electron chi connectivity index (χ0n) is 22.6. The van der Waals surface area contributed by atoms with Crippen LogP contribution in [0.15, 0.2) is 65.8 Å². The number of hydrogen-bond acceptors (Lipinski definition) is 7. The van der Waals surface area contributed by atoms with Crippen molar-refractivity contribution in [2.24, 2.45) is 5.73 Å². The van der Waals surface area contributed by atoms with Crippen molar-refractivity contribution in [3.63, 3.8) is 0 Å². The second-order valence-corrected chi connectivity index (χ2v) is 10.6. The van der Waals surface area contributed by atoms with Gasteiger partial charge in [-0.1, -0.05) is 26.8 Å². The van der Waals surface area contributed by atoms with E-state index in [-0.39, 0.29) is 34.0 Å². The lowest BCUT2D eigenvalue weighted by Crippen LogP contribution is -2.24. The first kappa shape index (κ1) is 27.4. The van der Waals surface area contributed by atoms with Crippen LogP contribution in [0, 0.1) is 17.1 Å². The number of aliphatic hydroxyl groups is 1. The van der Waals surface area contributed by atoms with Gasteiger partial charge in [0.1, 0.15) is 11.9 Å². The number of nitrogens with two attached hydrogens (primary N) is 1. The number of hydrogen-bond donors (Lipinski definition) is 2. The van der Waals surface area contributed by atoms with Gasteiger partial charge < -0.3 is 10.8 Å². The number of amides is 1. The van der Waals surface area contributed by atoms with Gasteiger partial charge in [-0.25, -0.2) is 9.07 Å². The van der Waals surface area contributed by atoms with Gasteiger partial charge in [0.15, 0.2) is 0 Å². The number of nitriles is 1. The number of halogens is 1. The van der Waals surface area contributed by atoms with Crippen molar-refractivity contribution >= 4 is 16.7 Å². The molecule has 1 amide bonds. The van der Waals surface area contributed by atoms with Crippen LogP contribution in [-0.2, 0) is 18.4 Å². The van der Waals surface area contributed by atoms with Gasteiger partial charge >= 0.3 is 0 Å². The molecule has 0 atom stereocenters. The molecule has 11 heteroatoms. The quantitative estimate of drug-likeness (QED) is 0.328. The highest BCUT2D eigenvalue weighted by Crippen LogP contribution is 2.28. The molecular weight excluding hydrogens is 525 g/mol. The Balaban J connectivity index is 1.62. The summed E-state index contributed by atoms with van der Waals surface area (Å²) in [5.74, 6) is -1.37. The topological polar surface area (TPSA) is 153 Å². The number of primary amides is 1. The Morgan fingerprint density at radius 1 is 1.15 bits per heavy atom. The average molecular weight is 552 g/mol. The number of rotatable bonds is 6. The summed E-state index contributed by atoms with van der Waals surface area (Å²) in [6.45, 7) is 5.34. The third-order valence-electron chi connectivity index (χ3n) is 6.82. The minimum absolute atomic E-state index is 0.116. The molecule has 0 radical (unpaired) electrons. The number of pyridine rings is 1. The molecule has 0 saturated carbocycles. The lowest BCUT2D eigenvalue weighted by molar-refractivity contribution is 0.0999. The fraction of sp³-hybridized carbons (Fsp3) is 0.200. The molecule has 0 fully saturated rings. The third kappa shape index (κ3) is 5.08. The fourth-order valence-electron chi connectivity index (χ4n) is 4.61. The van der Waals surface area contributed by atoms with Gasteiger partial charge in [0, 0.05) is 35.5 Å². The predicted octanol–water partition coefficient (Wildman–Crippen LogP) is 3.46. The summed E-state index contributed by atoms with van der Waals surface area (Å²) in [5, 5.41) is 28.5. The molecule has 0 saturated heterocycles. The van der Waals surface area contributed by atoms with Crippen LogP contribution in [-0.4, -0.2) is 35.6 Å². The highest BCUT2D eigenvalue weighted by molar-refractivity contribution is 5.94. The predicted molar refractivity (Wildman–Crippen MR) is 149 cm³/mol. The number of fused-ring (bicyclic) bond motifs is 1.